The summed E-state index contributed by atoms with van der Waals surface area (Å²) in [5.41, 5.74) is -0.794. The minimum absolute atomic E-state index is 0. The molecule has 0 aliphatic rings. The molecule has 4 aromatic carbocycles. The first kappa shape index (κ1) is 31.8. The number of para-hydroxylation sites is 2. The first-order valence-corrected chi connectivity index (χ1v) is 14.3. The van der Waals surface area contributed by atoms with Crippen molar-refractivity contribution >= 4 is 43.9 Å². The molecule has 0 N–H and O–H groups in total. The second-order valence-corrected chi connectivity index (χ2v) is 11.6. The van der Waals surface area contributed by atoms with Crippen LogP contribution in [0.15, 0.2) is 94.0 Å². The fourth-order valence-electron chi connectivity index (χ4n) is 5.98. The Hall–Kier alpha value is -4.83. The maximum absolute atomic E-state index is 13.7. The minimum Gasteiger partial charge on any atom is -0.513 e. The number of rotatable bonds is 4. The van der Waals surface area contributed by atoms with E-state index in [1.807, 2.05) is 13.8 Å². The van der Waals surface area contributed by atoms with Gasteiger partial charge in [0.1, 0.15) is 11.2 Å². The van der Waals surface area contributed by atoms with Gasteiger partial charge in [-0.25, -0.2) is 0 Å². The molecule has 0 aliphatic heterocycles. The van der Waals surface area contributed by atoms with Gasteiger partial charge in [-0.2, -0.15) is 72.9 Å². The maximum Gasteiger partial charge on any atom is 2.00 e. The van der Waals surface area contributed by atoms with Crippen LogP contribution in [-0.4, -0.2) is 19.6 Å². The molecule has 13 heteroatoms. The summed E-state index contributed by atoms with van der Waals surface area (Å²) < 4.78 is 96.9. The molecule has 48 heavy (non-hydrogen) atoms. The molecule has 6 nitrogen and oxygen atoms in total. The van der Waals surface area contributed by atoms with Crippen molar-refractivity contribution in [2.24, 2.45) is 0 Å². The molecular weight excluding hydrogens is 817 g/mol. The molecule has 244 valence electrons. The summed E-state index contributed by atoms with van der Waals surface area (Å²) in [7, 11) is 0. The van der Waals surface area contributed by atoms with Crippen LogP contribution < -0.4 is 0 Å². The second kappa shape index (κ2) is 10.8. The number of hydrogen-bond acceptors (Lipinski definition) is 4. The molecule has 0 saturated heterocycles. The van der Waals surface area contributed by atoms with Crippen LogP contribution >= 0.6 is 0 Å². The maximum atomic E-state index is 13.7. The quantitative estimate of drug-likeness (QED) is 0.131. The smallest absolute Gasteiger partial charge is 0.513 e. The topological polar surface area (TPSA) is 61.9 Å². The molecule has 0 radical (unpaired) electrons. The van der Waals surface area contributed by atoms with E-state index in [-0.39, 0.29) is 43.4 Å². The summed E-state index contributed by atoms with van der Waals surface area (Å²) in [6.07, 6.45) is -5.86. The molecule has 8 aromatic rings. The van der Waals surface area contributed by atoms with Crippen LogP contribution in [0.25, 0.3) is 55.3 Å². The predicted molar refractivity (Wildman–Crippen MR) is 161 cm³/mol. The zero-order valence-corrected chi connectivity index (χ0v) is 27.0. The zero-order chi connectivity index (χ0) is 32.9. The molecule has 0 aliphatic carbocycles. The van der Waals surface area contributed by atoms with Gasteiger partial charge in [-0.1, -0.05) is 35.0 Å². The summed E-state index contributed by atoms with van der Waals surface area (Å²) in [6.45, 7) is 3.79. The van der Waals surface area contributed by atoms with E-state index in [2.05, 4.69) is 12.1 Å². The summed E-state index contributed by atoms with van der Waals surface area (Å²) in [4.78, 5) is 0. The molecule has 0 atom stereocenters. The molecule has 4 heterocycles. The van der Waals surface area contributed by atoms with Gasteiger partial charge < -0.3 is 8.83 Å². The Bertz CT molecular complexity index is 2330. The van der Waals surface area contributed by atoms with Crippen LogP contribution in [0.2, 0.25) is 0 Å². The Kier molecular flexibility index (Phi) is 7.18. The van der Waals surface area contributed by atoms with E-state index < -0.39 is 28.9 Å². The van der Waals surface area contributed by atoms with Gasteiger partial charge in [-0.05, 0) is 49.5 Å². The molecule has 8 rings (SSSR count). The van der Waals surface area contributed by atoms with Gasteiger partial charge >= 0.3 is 33.4 Å². The number of aromatic nitrogens is 4. The molecule has 0 saturated carbocycles. The third-order valence-electron chi connectivity index (χ3n) is 8.41. The summed E-state index contributed by atoms with van der Waals surface area (Å²) in [6, 6.07) is 23.9. The number of hydrogen-bond donors (Lipinski definition) is 0. The Morgan fingerprint density at radius 2 is 0.958 bits per heavy atom. The van der Waals surface area contributed by atoms with Crippen LogP contribution in [0, 0.1) is 12.1 Å². The second-order valence-electron chi connectivity index (χ2n) is 11.6. The van der Waals surface area contributed by atoms with Crippen molar-refractivity contribution in [2.45, 2.75) is 31.6 Å². The SMILES string of the molecule is CC(C)(c1ccn(-c2[c-]ccc3c2oc2c(C(F)(F)F)cccc23)n1)c1ccn(-c2[c-]ccc3c2oc2c(C(F)(F)F)cccc23)n1.[Pt+2]. The van der Waals surface area contributed by atoms with Gasteiger partial charge in [0.05, 0.1) is 27.9 Å². The fraction of sp³-hybridized carbons (Fsp3) is 0.143. The van der Waals surface area contributed by atoms with Gasteiger partial charge in [0.25, 0.3) is 0 Å². The van der Waals surface area contributed by atoms with Crippen molar-refractivity contribution in [2.75, 3.05) is 0 Å². The normalized spacial score (nSPS) is 12.8. The molecule has 0 bridgehead atoms. The third-order valence-corrected chi connectivity index (χ3v) is 8.41. The minimum atomic E-state index is -4.59. The van der Waals surface area contributed by atoms with E-state index in [0.717, 1.165) is 12.1 Å². The van der Waals surface area contributed by atoms with Gasteiger partial charge in [-0.15, -0.1) is 0 Å². The number of fused-ring (bicyclic) bond motifs is 6. The van der Waals surface area contributed by atoms with E-state index in [1.165, 1.54) is 21.5 Å². The first-order chi connectivity index (χ1) is 22.3. The van der Waals surface area contributed by atoms with Gasteiger partial charge in [-0.3, -0.25) is 9.36 Å². The Morgan fingerprint density at radius 3 is 1.35 bits per heavy atom. The van der Waals surface area contributed by atoms with E-state index in [4.69, 9.17) is 19.0 Å². The summed E-state index contributed by atoms with van der Waals surface area (Å²) in [5.74, 6) is 0. The van der Waals surface area contributed by atoms with Crippen LogP contribution in [0.3, 0.4) is 0 Å². The number of alkyl halides is 6. The number of nitrogens with zero attached hydrogens (tertiary/aromatic N) is 4. The van der Waals surface area contributed by atoms with Crippen molar-refractivity contribution in [3.63, 3.8) is 0 Å². The summed E-state index contributed by atoms with van der Waals surface area (Å²) >= 11 is 0. The molecular formula is C35H20F6N4O2Pt. The van der Waals surface area contributed by atoms with E-state index in [1.54, 1.807) is 60.9 Å². The van der Waals surface area contributed by atoms with Crippen molar-refractivity contribution in [3.05, 3.63) is 120 Å². The zero-order valence-electron chi connectivity index (χ0n) is 24.8. The van der Waals surface area contributed by atoms with Crippen LogP contribution in [0.5, 0.6) is 0 Å². The molecule has 4 aromatic heterocycles. The number of furan rings is 2. The first-order valence-electron chi connectivity index (χ1n) is 14.3. The molecule has 0 amide bonds. The fourth-order valence-corrected chi connectivity index (χ4v) is 5.98. The Balaban J connectivity index is 0.00000364. The molecule has 0 fully saturated rings. The van der Waals surface area contributed by atoms with E-state index in [0.29, 0.717) is 44.3 Å². The average Bonchev–Trinajstić information content (AvgIpc) is 3.83. The van der Waals surface area contributed by atoms with Gasteiger partial charge in [0.2, 0.25) is 0 Å². The average molecular weight is 838 g/mol. The van der Waals surface area contributed by atoms with Gasteiger partial charge in [0.15, 0.2) is 0 Å². The van der Waals surface area contributed by atoms with Crippen molar-refractivity contribution in [1.29, 1.82) is 0 Å². The monoisotopic (exact) mass is 837 g/mol. The van der Waals surface area contributed by atoms with Gasteiger partial charge in [0, 0.05) is 34.3 Å². The van der Waals surface area contributed by atoms with E-state index >= 15 is 0 Å². The molecule has 0 spiro atoms. The number of benzene rings is 4. The van der Waals surface area contributed by atoms with Crippen LogP contribution in [-0.2, 0) is 38.8 Å². The standard InChI is InChI=1S/C35H20F6N4O2.Pt/c1-33(2,27-15-17-44(42-27)25-13-5-9-21-19-7-3-11-23(34(36,37)38)29(19)46-31(21)25)28-16-18-45(43-28)26-14-6-10-22-20-8-4-12-24(35(39,40)41)30(20)47-32(22)26;/h3-12,15-18H,1-2H3;/q-2;+2. The Morgan fingerprint density at radius 1 is 0.562 bits per heavy atom. The number of halogens is 6. The predicted octanol–water partition coefficient (Wildman–Crippen LogP) is 9.82. The van der Waals surface area contributed by atoms with Crippen molar-refractivity contribution < 1.29 is 56.2 Å². The van der Waals surface area contributed by atoms with E-state index in [9.17, 15) is 26.3 Å². The van der Waals surface area contributed by atoms with Crippen LogP contribution in [0.1, 0.15) is 36.4 Å². The van der Waals surface area contributed by atoms with Crippen molar-refractivity contribution in [3.8, 4) is 11.4 Å². The third kappa shape index (κ3) is 4.84. The summed E-state index contributed by atoms with van der Waals surface area (Å²) in [5, 5.41) is 11.1. The van der Waals surface area contributed by atoms with Crippen LogP contribution in [0.4, 0.5) is 26.3 Å². The Labute approximate surface area is 281 Å². The molecule has 0 unspecified atom stereocenters. The largest absolute Gasteiger partial charge is 2.00 e. The van der Waals surface area contributed by atoms with Crippen molar-refractivity contribution in [1.82, 2.24) is 19.6 Å².